The molecule has 0 fully saturated rings. The third-order valence-electron chi connectivity index (χ3n) is 5.67. The lowest BCUT2D eigenvalue weighted by atomic mass is 10.00. The van der Waals surface area contributed by atoms with Crippen LogP contribution < -0.4 is 10.4 Å². The highest BCUT2D eigenvalue weighted by atomic mass is 35.5. The van der Waals surface area contributed by atoms with Gasteiger partial charge < -0.3 is 4.74 Å². The molecule has 0 amide bonds. The van der Waals surface area contributed by atoms with E-state index in [0.29, 0.717) is 27.5 Å². The molecule has 0 bridgehead atoms. The molecule has 0 aliphatic heterocycles. The number of hydrogen-bond donors (Lipinski definition) is 0. The molecule has 5 aromatic rings. The third kappa shape index (κ3) is 4.33. The first-order valence-electron chi connectivity index (χ1n) is 10.8. The zero-order chi connectivity index (χ0) is 25.4. The van der Waals surface area contributed by atoms with Crippen molar-refractivity contribution in [3.8, 4) is 28.4 Å². The Hall–Kier alpha value is -4.11. The van der Waals surface area contributed by atoms with Crippen LogP contribution in [0.25, 0.3) is 28.0 Å². The van der Waals surface area contributed by atoms with Gasteiger partial charge in [-0.05, 0) is 35.4 Å². The van der Waals surface area contributed by atoms with Crippen LogP contribution in [0.1, 0.15) is 11.1 Å². The minimum Gasteiger partial charge on any atom is -0.468 e. The molecule has 0 aliphatic rings. The molecule has 0 unspecified atom stereocenters. The van der Waals surface area contributed by atoms with E-state index in [1.165, 1.54) is 28.3 Å². The monoisotopic (exact) mass is 510 g/mol. The summed E-state index contributed by atoms with van der Waals surface area (Å²) in [6.07, 6.45) is -4.44. The van der Waals surface area contributed by atoms with E-state index in [0.717, 1.165) is 23.3 Å². The van der Waals surface area contributed by atoms with Crippen molar-refractivity contribution >= 4 is 17.2 Å². The van der Waals surface area contributed by atoms with Crippen molar-refractivity contribution in [1.82, 2.24) is 19.2 Å². The van der Waals surface area contributed by atoms with Gasteiger partial charge in [-0.25, -0.2) is 9.48 Å². The Morgan fingerprint density at radius 2 is 1.58 bits per heavy atom. The number of hydrogen-bond acceptors (Lipinski definition) is 4. The number of fused-ring (bicyclic) bond motifs is 1. The molecule has 0 saturated heterocycles. The molecule has 36 heavy (non-hydrogen) atoms. The van der Waals surface area contributed by atoms with E-state index < -0.39 is 17.4 Å². The van der Waals surface area contributed by atoms with Crippen LogP contribution >= 0.6 is 11.6 Å². The maximum atomic E-state index is 13.4. The van der Waals surface area contributed by atoms with Crippen LogP contribution in [-0.2, 0) is 12.7 Å². The lowest BCUT2D eigenvalue weighted by Gasteiger charge is -2.13. The number of aromatic nitrogens is 4. The van der Waals surface area contributed by atoms with Gasteiger partial charge in [-0.3, -0.25) is 0 Å². The number of benzene rings is 3. The molecule has 6 nitrogen and oxygen atoms in total. The Labute approximate surface area is 208 Å². The fraction of sp³-hybridized carbons (Fsp3) is 0.115. The molecular weight excluding hydrogens is 493 g/mol. The number of nitrogens with zero attached hydrogens (tertiary/aromatic N) is 4. The summed E-state index contributed by atoms with van der Waals surface area (Å²) in [5.74, 6) is 0. The number of rotatable bonds is 5. The van der Waals surface area contributed by atoms with E-state index in [4.69, 9.17) is 16.3 Å². The second-order valence-electron chi connectivity index (χ2n) is 7.99. The molecule has 2 heterocycles. The Morgan fingerprint density at radius 3 is 2.19 bits per heavy atom. The molecule has 0 radical (unpaired) electrons. The van der Waals surface area contributed by atoms with Crippen molar-refractivity contribution < 1.29 is 17.9 Å². The quantitative estimate of drug-likeness (QED) is 0.293. The Bertz CT molecular complexity index is 1590. The summed E-state index contributed by atoms with van der Waals surface area (Å²) in [7, 11) is 1.40. The van der Waals surface area contributed by atoms with Crippen LogP contribution in [0.3, 0.4) is 0 Å². The van der Waals surface area contributed by atoms with Gasteiger partial charge in [0.25, 0.3) is 0 Å². The van der Waals surface area contributed by atoms with Crippen LogP contribution in [0.15, 0.2) is 83.7 Å². The highest BCUT2D eigenvalue weighted by molar-refractivity contribution is 6.30. The van der Waals surface area contributed by atoms with Gasteiger partial charge in [0.05, 0.1) is 30.5 Å². The predicted octanol–water partition coefficient (Wildman–Crippen LogP) is 5.95. The van der Waals surface area contributed by atoms with Crippen LogP contribution in [-0.4, -0.2) is 26.3 Å². The highest BCUT2D eigenvalue weighted by Gasteiger charge is 2.30. The van der Waals surface area contributed by atoms with E-state index in [-0.39, 0.29) is 12.6 Å². The highest BCUT2D eigenvalue weighted by Crippen LogP contribution is 2.35. The fourth-order valence-electron chi connectivity index (χ4n) is 3.95. The van der Waals surface area contributed by atoms with Crippen LogP contribution in [0, 0.1) is 0 Å². The number of alkyl halides is 3. The predicted molar refractivity (Wildman–Crippen MR) is 130 cm³/mol. The van der Waals surface area contributed by atoms with E-state index in [1.807, 2.05) is 42.5 Å². The zero-order valence-electron chi connectivity index (χ0n) is 18.8. The van der Waals surface area contributed by atoms with Gasteiger partial charge >= 0.3 is 17.9 Å². The lowest BCUT2D eigenvalue weighted by Crippen LogP contribution is -2.23. The molecule has 5 rings (SSSR count). The van der Waals surface area contributed by atoms with Crippen LogP contribution in [0.5, 0.6) is 6.01 Å². The molecule has 10 heteroatoms. The topological polar surface area (TPSA) is 61.4 Å². The summed E-state index contributed by atoms with van der Waals surface area (Å²) < 4.78 is 46.7. The van der Waals surface area contributed by atoms with Gasteiger partial charge in [0.2, 0.25) is 0 Å². The maximum absolute atomic E-state index is 13.4. The molecule has 0 N–H and O–H groups in total. The molecular formula is C26H18ClF3N4O2. The molecule has 0 spiro atoms. The first-order valence-corrected chi connectivity index (χ1v) is 11.2. The van der Waals surface area contributed by atoms with Crippen molar-refractivity contribution in [1.29, 1.82) is 0 Å². The molecule has 3 aromatic carbocycles. The maximum Gasteiger partial charge on any atom is 0.416 e. The average Bonchev–Trinajstić information content (AvgIpc) is 3.19. The molecule has 2 aromatic heterocycles. The lowest BCUT2D eigenvalue weighted by molar-refractivity contribution is -0.137. The largest absolute Gasteiger partial charge is 0.468 e. The fourth-order valence-corrected chi connectivity index (χ4v) is 4.07. The number of halogens is 4. The standard InChI is InChI=1S/C26H18ClF3N4O2/c1-36-24-31-22(18-9-13-20(27)14-10-18)21(17-5-3-2-4-6-17)23-32-33(25(35)34(23)24)15-16-7-11-19(12-8-16)26(28,29)30/h2-14H,15H2,1H3. The minimum absolute atomic E-state index is 0.0262. The second kappa shape index (κ2) is 9.16. The van der Waals surface area contributed by atoms with Crippen LogP contribution in [0.4, 0.5) is 13.2 Å². The summed E-state index contributed by atoms with van der Waals surface area (Å²) in [5, 5.41) is 5.13. The summed E-state index contributed by atoms with van der Waals surface area (Å²) in [6, 6.07) is 21.1. The Kier molecular flexibility index (Phi) is 6.01. The van der Waals surface area contributed by atoms with Crippen LogP contribution in [0.2, 0.25) is 5.02 Å². The van der Waals surface area contributed by atoms with Crippen molar-refractivity contribution in [3.05, 3.63) is 105 Å². The SMILES string of the molecule is COc1nc(-c2ccc(Cl)cc2)c(-c2ccccc2)c2nn(Cc3ccc(C(F)(F)F)cc3)c(=O)n12. The second-order valence-corrected chi connectivity index (χ2v) is 8.43. The minimum atomic E-state index is -4.44. The molecule has 0 atom stereocenters. The van der Waals surface area contributed by atoms with Crippen molar-refractivity contribution in [2.45, 2.75) is 12.7 Å². The Morgan fingerprint density at radius 1 is 0.917 bits per heavy atom. The van der Waals surface area contributed by atoms with Crippen molar-refractivity contribution in [2.24, 2.45) is 0 Å². The van der Waals surface area contributed by atoms with E-state index in [1.54, 1.807) is 12.1 Å². The third-order valence-corrected chi connectivity index (χ3v) is 5.93. The van der Waals surface area contributed by atoms with Gasteiger partial charge in [-0.2, -0.15) is 22.6 Å². The van der Waals surface area contributed by atoms with Gasteiger partial charge in [0.15, 0.2) is 5.65 Å². The van der Waals surface area contributed by atoms with Gasteiger partial charge in [-0.15, -0.1) is 5.10 Å². The van der Waals surface area contributed by atoms with Crippen molar-refractivity contribution in [3.63, 3.8) is 0 Å². The summed E-state index contributed by atoms with van der Waals surface area (Å²) in [6.45, 7) is -0.0354. The normalized spacial score (nSPS) is 11.7. The summed E-state index contributed by atoms with van der Waals surface area (Å²) in [5.41, 5.74) is 2.14. The zero-order valence-corrected chi connectivity index (χ0v) is 19.6. The smallest absolute Gasteiger partial charge is 0.416 e. The van der Waals surface area contributed by atoms with E-state index >= 15 is 0 Å². The van der Waals surface area contributed by atoms with E-state index in [2.05, 4.69) is 10.1 Å². The molecule has 0 saturated carbocycles. The van der Waals surface area contributed by atoms with Gasteiger partial charge in [0, 0.05) is 10.6 Å². The number of methoxy groups -OCH3 is 1. The summed E-state index contributed by atoms with van der Waals surface area (Å²) >= 11 is 6.08. The van der Waals surface area contributed by atoms with Gasteiger partial charge in [-0.1, -0.05) is 66.2 Å². The van der Waals surface area contributed by atoms with Crippen molar-refractivity contribution in [2.75, 3.05) is 7.11 Å². The first kappa shape index (κ1) is 23.6. The summed E-state index contributed by atoms with van der Waals surface area (Å²) in [4.78, 5) is 18.0. The molecule has 0 aliphatic carbocycles. The first-order chi connectivity index (χ1) is 17.3. The number of ether oxygens (including phenoxy) is 1. The average molecular weight is 511 g/mol. The molecule has 182 valence electrons. The van der Waals surface area contributed by atoms with Gasteiger partial charge in [0.1, 0.15) is 0 Å². The Balaban J connectivity index is 1.72. The van der Waals surface area contributed by atoms with E-state index in [9.17, 15) is 18.0 Å².